The lowest BCUT2D eigenvalue weighted by molar-refractivity contribution is -0.189. The minimum atomic E-state index is -4.14. The molecule has 0 saturated heterocycles. The van der Waals surface area contributed by atoms with Crippen molar-refractivity contribution in [3.8, 4) is 11.5 Å². The molecule has 1 aromatic rings. The van der Waals surface area contributed by atoms with Crippen molar-refractivity contribution in [1.29, 1.82) is 0 Å². The molecule has 3 rings (SSSR count). The highest BCUT2D eigenvalue weighted by Crippen LogP contribution is 2.39. The Labute approximate surface area is 140 Å². The number of halogens is 3. The fourth-order valence-corrected chi connectivity index (χ4v) is 3.82. The highest BCUT2D eigenvalue weighted by Gasteiger charge is 2.45. The molecule has 1 aromatic carbocycles. The van der Waals surface area contributed by atoms with Gasteiger partial charge in [0.05, 0.1) is 13.0 Å². The number of hydrogen-bond donors (Lipinski definition) is 1. The van der Waals surface area contributed by atoms with E-state index >= 15 is 0 Å². The highest BCUT2D eigenvalue weighted by atomic mass is 19.4. The van der Waals surface area contributed by atoms with Crippen molar-refractivity contribution in [2.24, 2.45) is 5.92 Å². The van der Waals surface area contributed by atoms with Crippen LogP contribution in [-0.4, -0.2) is 25.4 Å². The second-order valence-corrected chi connectivity index (χ2v) is 6.82. The first-order chi connectivity index (χ1) is 11.4. The van der Waals surface area contributed by atoms with E-state index in [-0.39, 0.29) is 12.5 Å². The molecule has 0 unspecified atom stereocenters. The summed E-state index contributed by atoms with van der Waals surface area (Å²) in [6, 6.07) is 3.31. The smallest absolute Gasteiger partial charge is 0.393 e. The van der Waals surface area contributed by atoms with Gasteiger partial charge in [0.1, 0.15) is 17.6 Å². The van der Waals surface area contributed by atoms with Gasteiger partial charge >= 0.3 is 6.18 Å². The molecule has 1 saturated carbocycles. The lowest BCUT2D eigenvalue weighted by atomic mass is 9.84. The predicted molar refractivity (Wildman–Crippen MR) is 85.4 cm³/mol. The summed E-state index contributed by atoms with van der Waals surface area (Å²) in [7, 11) is 1.59. The van der Waals surface area contributed by atoms with Crippen LogP contribution >= 0.6 is 0 Å². The minimum absolute atomic E-state index is 0.126. The van der Waals surface area contributed by atoms with Gasteiger partial charge in [0.15, 0.2) is 0 Å². The van der Waals surface area contributed by atoms with E-state index in [9.17, 15) is 13.2 Å². The molecule has 1 aliphatic heterocycles. The maximum atomic E-state index is 13.2. The minimum Gasteiger partial charge on any atom is -0.496 e. The summed E-state index contributed by atoms with van der Waals surface area (Å²) in [4.78, 5) is 0. The number of rotatable bonds is 4. The Bertz CT molecular complexity index is 588. The van der Waals surface area contributed by atoms with Gasteiger partial charge in [-0.2, -0.15) is 13.2 Å². The molecule has 1 heterocycles. The number of fused-ring (bicyclic) bond motifs is 1. The lowest BCUT2D eigenvalue weighted by Crippen LogP contribution is -2.45. The van der Waals surface area contributed by atoms with Gasteiger partial charge in [0, 0.05) is 30.1 Å². The molecule has 0 radical (unpaired) electrons. The Balaban J connectivity index is 1.73. The van der Waals surface area contributed by atoms with Crippen molar-refractivity contribution in [1.82, 2.24) is 5.32 Å². The number of ether oxygens (including phenoxy) is 2. The summed E-state index contributed by atoms with van der Waals surface area (Å²) in [5.41, 5.74) is 1.94. The van der Waals surface area contributed by atoms with Gasteiger partial charge < -0.3 is 14.8 Å². The van der Waals surface area contributed by atoms with E-state index in [1.807, 2.05) is 19.1 Å². The molecule has 3 nitrogen and oxygen atoms in total. The molecular weight excluding hydrogens is 319 g/mol. The summed E-state index contributed by atoms with van der Waals surface area (Å²) < 4.78 is 50.8. The van der Waals surface area contributed by atoms with Crippen LogP contribution in [0, 0.1) is 5.92 Å². The third kappa shape index (κ3) is 3.63. The van der Waals surface area contributed by atoms with Gasteiger partial charge in [-0.15, -0.1) is 0 Å². The molecule has 1 fully saturated rings. The predicted octanol–water partition coefficient (Wildman–Crippen LogP) is 4.23. The molecule has 24 heavy (non-hydrogen) atoms. The van der Waals surface area contributed by atoms with E-state index in [1.54, 1.807) is 7.11 Å². The summed E-state index contributed by atoms with van der Waals surface area (Å²) in [5, 5.41) is 3.12. The topological polar surface area (TPSA) is 30.5 Å². The van der Waals surface area contributed by atoms with E-state index in [0.29, 0.717) is 25.1 Å². The first-order valence-corrected chi connectivity index (χ1v) is 8.55. The molecule has 1 aliphatic carbocycles. The summed E-state index contributed by atoms with van der Waals surface area (Å²) in [5.74, 6) is 0.261. The Morgan fingerprint density at radius 2 is 2.00 bits per heavy atom. The van der Waals surface area contributed by atoms with E-state index < -0.39 is 18.1 Å². The maximum absolute atomic E-state index is 13.2. The molecule has 0 spiro atoms. The van der Waals surface area contributed by atoms with Crippen molar-refractivity contribution in [3.05, 3.63) is 23.3 Å². The van der Waals surface area contributed by atoms with E-state index in [0.717, 1.165) is 29.7 Å². The van der Waals surface area contributed by atoms with Gasteiger partial charge in [-0.25, -0.2) is 0 Å². The number of methoxy groups -OCH3 is 1. The Morgan fingerprint density at radius 3 is 2.71 bits per heavy atom. The maximum Gasteiger partial charge on any atom is 0.393 e. The molecule has 3 atom stereocenters. The van der Waals surface area contributed by atoms with Crippen LogP contribution < -0.4 is 14.8 Å². The SMILES string of the molecule is COc1cc2c(cc1CN[C@@H]1CCCC[C@H]1C(F)(F)F)O[C@@H](C)C2. The summed E-state index contributed by atoms with van der Waals surface area (Å²) >= 11 is 0. The van der Waals surface area contributed by atoms with Crippen molar-refractivity contribution in [3.63, 3.8) is 0 Å². The quantitative estimate of drug-likeness (QED) is 0.887. The normalized spacial score (nSPS) is 26.8. The van der Waals surface area contributed by atoms with Crippen molar-refractivity contribution in [2.75, 3.05) is 7.11 Å². The average Bonchev–Trinajstić information content (AvgIpc) is 2.90. The molecule has 134 valence electrons. The van der Waals surface area contributed by atoms with Crippen LogP contribution in [0.5, 0.6) is 11.5 Å². The van der Waals surface area contributed by atoms with E-state index in [4.69, 9.17) is 9.47 Å². The molecule has 0 aromatic heterocycles. The number of nitrogens with one attached hydrogen (secondary N) is 1. The Kier molecular flexibility index (Phi) is 4.95. The van der Waals surface area contributed by atoms with Crippen LogP contribution in [0.15, 0.2) is 12.1 Å². The fraction of sp³-hybridized carbons (Fsp3) is 0.667. The van der Waals surface area contributed by atoms with Gasteiger partial charge in [-0.05, 0) is 31.9 Å². The molecular formula is C18H24F3NO2. The molecule has 2 aliphatic rings. The third-order valence-corrected chi connectivity index (χ3v) is 5.04. The van der Waals surface area contributed by atoms with Crippen molar-refractivity contribution in [2.45, 2.75) is 63.9 Å². The van der Waals surface area contributed by atoms with Crippen LogP contribution in [0.2, 0.25) is 0 Å². The van der Waals surface area contributed by atoms with Gasteiger partial charge in [-0.3, -0.25) is 0 Å². The average molecular weight is 343 g/mol. The van der Waals surface area contributed by atoms with Crippen molar-refractivity contribution < 1.29 is 22.6 Å². The molecule has 0 bridgehead atoms. The molecule has 0 amide bonds. The zero-order valence-corrected chi connectivity index (χ0v) is 14.1. The zero-order chi connectivity index (χ0) is 17.3. The second-order valence-electron chi connectivity index (χ2n) is 6.82. The first kappa shape index (κ1) is 17.4. The largest absolute Gasteiger partial charge is 0.496 e. The van der Waals surface area contributed by atoms with Crippen LogP contribution in [0.25, 0.3) is 0 Å². The lowest BCUT2D eigenvalue weighted by Gasteiger charge is -2.33. The van der Waals surface area contributed by atoms with Crippen LogP contribution in [0.1, 0.15) is 43.7 Å². The first-order valence-electron chi connectivity index (χ1n) is 8.55. The van der Waals surface area contributed by atoms with Gasteiger partial charge in [0.2, 0.25) is 0 Å². The third-order valence-electron chi connectivity index (χ3n) is 5.04. The van der Waals surface area contributed by atoms with E-state index in [1.165, 1.54) is 0 Å². The number of hydrogen-bond acceptors (Lipinski definition) is 3. The monoisotopic (exact) mass is 343 g/mol. The fourth-order valence-electron chi connectivity index (χ4n) is 3.82. The summed E-state index contributed by atoms with van der Waals surface area (Å²) in [6.45, 7) is 2.35. The van der Waals surface area contributed by atoms with E-state index in [2.05, 4.69) is 5.32 Å². The van der Waals surface area contributed by atoms with Crippen LogP contribution in [0.3, 0.4) is 0 Å². The zero-order valence-electron chi connectivity index (χ0n) is 14.1. The number of alkyl halides is 3. The van der Waals surface area contributed by atoms with Crippen molar-refractivity contribution >= 4 is 0 Å². The van der Waals surface area contributed by atoms with Gasteiger partial charge in [-0.1, -0.05) is 12.8 Å². The van der Waals surface area contributed by atoms with Gasteiger partial charge in [0.25, 0.3) is 0 Å². The second kappa shape index (κ2) is 6.82. The number of benzene rings is 1. The van der Waals surface area contributed by atoms with Crippen LogP contribution in [-0.2, 0) is 13.0 Å². The molecule has 1 N–H and O–H groups in total. The van der Waals surface area contributed by atoms with Crippen LogP contribution in [0.4, 0.5) is 13.2 Å². The Morgan fingerprint density at radius 1 is 1.25 bits per heavy atom. The summed E-state index contributed by atoms with van der Waals surface area (Å²) in [6.07, 6.45) is -0.922. The highest BCUT2D eigenvalue weighted by molar-refractivity contribution is 5.48. The Hall–Kier alpha value is -1.43. The standard InChI is InChI=1S/C18H24F3NO2/c1-11-7-12-8-16(23-2)13(9-17(12)24-11)10-22-15-6-4-3-5-14(15)18(19,20)21/h8-9,11,14-15,22H,3-7,10H2,1-2H3/t11-,14+,15+/m0/s1. The molecule has 6 heteroatoms.